The van der Waals surface area contributed by atoms with Crippen LogP contribution in [-0.2, 0) is 0 Å². The number of hydrogen-bond donors (Lipinski definition) is 0. The summed E-state index contributed by atoms with van der Waals surface area (Å²) in [6.07, 6.45) is 3.14. The lowest BCUT2D eigenvalue weighted by molar-refractivity contribution is 0.0992. The van der Waals surface area contributed by atoms with E-state index < -0.39 is 0 Å². The zero-order valence-electron chi connectivity index (χ0n) is 16.5. The average molecular weight is 373 g/mol. The Hall–Kier alpha value is -3.07. The van der Waals surface area contributed by atoms with E-state index in [1.54, 1.807) is 11.9 Å². The van der Waals surface area contributed by atoms with E-state index >= 15 is 0 Å². The molecule has 3 aromatic carbocycles. The number of nitrogens with zero attached hydrogens (tertiary/aromatic N) is 1. The van der Waals surface area contributed by atoms with Crippen molar-refractivity contribution in [2.24, 2.45) is 0 Å². The van der Waals surface area contributed by atoms with Gasteiger partial charge in [0.2, 0.25) is 0 Å². The molecular formula is C25H27NO2. The summed E-state index contributed by atoms with van der Waals surface area (Å²) in [6, 6.07) is 27.4. The van der Waals surface area contributed by atoms with E-state index in [2.05, 4.69) is 19.1 Å². The molecule has 0 saturated heterocycles. The lowest BCUT2D eigenvalue weighted by Crippen LogP contribution is -2.26. The van der Waals surface area contributed by atoms with Crippen LogP contribution in [0.15, 0.2) is 84.9 Å². The molecule has 0 heterocycles. The Labute approximate surface area is 167 Å². The predicted molar refractivity (Wildman–Crippen MR) is 115 cm³/mol. The second-order valence-corrected chi connectivity index (χ2v) is 6.89. The Balaban J connectivity index is 1.78. The van der Waals surface area contributed by atoms with E-state index in [1.807, 2.05) is 72.8 Å². The van der Waals surface area contributed by atoms with Crippen LogP contribution < -0.4 is 9.64 Å². The number of unbranched alkanes of at least 4 members (excludes halogenated alkanes) is 1. The molecule has 0 aliphatic rings. The van der Waals surface area contributed by atoms with Crippen LogP contribution >= 0.6 is 0 Å². The molecular weight excluding hydrogens is 346 g/mol. The maximum atomic E-state index is 12.9. The molecule has 0 saturated carbocycles. The summed E-state index contributed by atoms with van der Waals surface area (Å²) in [4.78, 5) is 14.6. The number of benzene rings is 3. The van der Waals surface area contributed by atoms with Gasteiger partial charge in [-0.15, -0.1) is 0 Å². The van der Waals surface area contributed by atoms with Crippen molar-refractivity contribution in [3.05, 3.63) is 96.1 Å². The molecule has 28 heavy (non-hydrogen) atoms. The number of ether oxygens (including phenoxy) is 1. The van der Waals surface area contributed by atoms with Crippen LogP contribution in [0.25, 0.3) is 0 Å². The first-order valence-corrected chi connectivity index (χ1v) is 9.84. The van der Waals surface area contributed by atoms with Crippen LogP contribution in [0.3, 0.4) is 0 Å². The second kappa shape index (κ2) is 9.75. The molecule has 0 fully saturated rings. The lowest BCUT2D eigenvalue weighted by Gasteiger charge is -2.21. The first kappa shape index (κ1) is 19.7. The largest absolute Gasteiger partial charge is 0.486 e. The van der Waals surface area contributed by atoms with Crippen molar-refractivity contribution in [3.8, 4) is 5.75 Å². The Kier molecular flexibility index (Phi) is 6.85. The van der Waals surface area contributed by atoms with Crippen molar-refractivity contribution >= 4 is 11.6 Å². The van der Waals surface area contributed by atoms with Gasteiger partial charge in [-0.05, 0) is 48.7 Å². The topological polar surface area (TPSA) is 29.5 Å². The molecule has 0 radical (unpaired) electrons. The minimum absolute atomic E-state index is 0.0154. The zero-order valence-corrected chi connectivity index (χ0v) is 16.5. The first-order valence-electron chi connectivity index (χ1n) is 9.84. The summed E-state index contributed by atoms with van der Waals surface area (Å²) < 4.78 is 6.31. The fourth-order valence-corrected chi connectivity index (χ4v) is 3.18. The van der Waals surface area contributed by atoms with Crippen molar-refractivity contribution < 1.29 is 9.53 Å². The highest BCUT2D eigenvalue weighted by Crippen LogP contribution is 2.27. The summed E-state index contributed by atoms with van der Waals surface area (Å²) in [5.74, 6) is 0.665. The molecule has 3 nitrogen and oxygen atoms in total. The number of rotatable bonds is 8. The summed E-state index contributed by atoms with van der Waals surface area (Å²) in [6.45, 7) is 2.18. The molecule has 0 spiro atoms. The van der Waals surface area contributed by atoms with Crippen molar-refractivity contribution in [3.63, 3.8) is 0 Å². The highest BCUT2D eigenvalue weighted by atomic mass is 16.5. The van der Waals surface area contributed by atoms with Crippen LogP contribution in [0.4, 0.5) is 5.69 Å². The second-order valence-electron chi connectivity index (χ2n) is 6.89. The molecule has 144 valence electrons. The van der Waals surface area contributed by atoms with E-state index in [0.717, 1.165) is 36.3 Å². The van der Waals surface area contributed by atoms with Crippen LogP contribution in [0.1, 0.15) is 48.2 Å². The van der Waals surface area contributed by atoms with Gasteiger partial charge in [-0.2, -0.15) is 0 Å². The fourth-order valence-electron chi connectivity index (χ4n) is 3.18. The maximum absolute atomic E-state index is 12.9. The van der Waals surface area contributed by atoms with E-state index in [4.69, 9.17) is 4.74 Å². The molecule has 0 aromatic heterocycles. The summed E-state index contributed by atoms with van der Waals surface area (Å²) >= 11 is 0. The molecule has 0 N–H and O–H groups in total. The monoisotopic (exact) mass is 373 g/mol. The number of anilines is 1. The van der Waals surface area contributed by atoms with Gasteiger partial charge >= 0.3 is 0 Å². The Morgan fingerprint density at radius 1 is 0.929 bits per heavy atom. The van der Waals surface area contributed by atoms with Gasteiger partial charge in [0.25, 0.3) is 5.91 Å². The van der Waals surface area contributed by atoms with E-state index in [0.29, 0.717) is 5.56 Å². The van der Waals surface area contributed by atoms with Gasteiger partial charge in [0.1, 0.15) is 11.9 Å². The minimum Gasteiger partial charge on any atom is -0.486 e. The van der Waals surface area contributed by atoms with Gasteiger partial charge in [0.05, 0.1) is 0 Å². The fraction of sp³-hybridized carbons (Fsp3) is 0.240. The number of amides is 1. The van der Waals surface area contributed by atoms with E-state index in [1.165, 1.54) is 0 Å². The van der Waals surface area contributed by atoms with Crippen molar-refractivity contribution in [1.82, 2.24) is 0 Å². The molecule has 0 aliphatic heterocycles. The number of carbonyl (C=O) groups is 1. The summed E-state index contributed by atoms with van der Waals surface area (Å²) in [5.41, 5.74) is 2.64. The molecule has 3 aromatic rings. The smallest absolute Gasteiger partial charge is 0.258 e. The molecule has 3 heteroatoms. The van der Waals surface area contributed by atoms with Crippen LogP contribution in [0.2, 0.25) is 0 Å². The van der Waals surface area contributed by atoms with E-state index in [-0.39, 0.29) is 12.0 Å². The SMILES string of the molecule is CCCCC(Oc1cccc(C(=O)N(C)c2ccccc2)c1)c1ccccc1. The minimum atomic E-state index is -0.0542. The highest BCUT2D eigenvalue weighted by Gasteiger charge is 2.16. The quantitative estimate of drug-likeness (QED) is 0.465. The molecule has 1 unspecified atom stereocenters. The van der Waals surface area contributed by atoms with Crippen molar-refractivity contribution in [2.75, 3.05) is 11.9 Å². The van der Waals surface area contributed by atoms with Crippen molar-refractivity contribution in [1.29, 1.82) is 0 Å². The molecule has 0 bridgehead atoms. The van der Waals surface area contributed by atoms with Crippen LogP contribution in [0.5, 0.6) is 5.75 Å². The van der Waals surface area contributed by atoms with E-state index in [9.17, 15) is 4.79 Å². The average Bonchev–Trinajstić information content (AvgIpc) is 2.77. The Morgan fingerprint density at radius 3 is 2.29 bits per heavy atom. The normalized spacial score (nSPS) is 11.6. The Morgan fingerprint density at radius 2 is 1.61 bits per heavy atom. The highest BCUT2D eigenvalue weighted by molar-refractivity contribution is 6.05. The van der Waals surface area contributed by atoms with Gasteiger partial charge in [-0.1, -0.05) is 67.9 Å². The molecule has 0 aliphatic carbocycles. The maximum Gasteiger partial charge on any atom is 0.258 e. The summed E-state index contributed by atoms with van der Waals surface area (Å²) in [7, 11) is 1.79. The van der Waals surface area contributed by atoms with Crippen LogP contribution in [-0.4, -0.2) is 13.0 Å². The lowest BCUT2D eigenvalue weighted by atomic mass is 10.0. The number of carbonyl (C=O) groups excluding carboxylic acids is 1. The molecule has 1 amide bonds. The zero-order chi connectivity index (χ0) is 19.8. The standard InChI is InChI=1S/C25H27NO2/c1-3-4-18-24(20-12-7-5-8-13-20)28-23-17-11-14-21(19-23)25(27)26(2)22-15-9-6-10-16-22/h5-17,19,24H,3-4,18H2,1-2H3. The first-order chi connectivity index (χ1) is 13.7. The Bertz CT molecular complexity index is 877. The van der Waals surface area contributed by atoms with Gasteiger partial charge in [0.15, 0.2) is 0 Å². The molecule has 3 rings (SSSR count). The van der Waals surface area contributed by atoms with Crippen LogP contribution in [0, 0.1) is 0 Å². The van der Waals surface area contributed by atoms with Gasteiger partial charge in [-0.25, -0.2) is 0 Å². The van der Waals surface area contributed by atoms with Gasteiger partial charge in [0, 0.05) is 18.3 Å². The predicted octanol–water partition coefficient (Wildman–Crippen LogP) is 6.27. The van der Waals surface area contributed by atoms with Crippen molar-refractivity contribution in [2.45, 2.75) is 32.3 Å². The van der Waals surface area contributed by atoms with Gasteiger partial charge in [-0.3, -0.25) is 4.79 Å². The third kappa shape index (κ3) is 5.01. The molecule has 1 atom stereocenters. The number of para-hydroxylation sites is 1. The van der Waals surface area contributed by atoms with Gasteiger partial charge < -0.3 is 9.64 Å². The third-order valence-corrected chi connectivity index (χ3v) is 4.80. The summed E-state index contributed by atoms with van der Waals surface area (Å²) in [5, 5.41) is 0. The number of hydrogen-bond acceptors (Lipinski definition) is 2. The third-order valence-electron chi connectivity index (χ3n) is 4.80.